The summed E-state index contributed by atoms with van der Waals surface area (Å²) in [4.78, 5) is 13.0. The predicted octanol–water partition coefficient (Wildman–Crippen LogP) is 3.76. The van der Waals surface area contributed by atoms with Crippen LogP contribution in [0.3, 0.4) is 0 Å². The summed E-state index contributed by atoms with van der Waals surface area (Å²) in [5.74, 6) is -0.0126. The predicted molar refractivity (Wildman–Crippen MR) is 115 cm³/mol. The Kier molecular flexibility index (Phi) is 5.49. The number of hydrogen-bond acceptors (Lipinski definition) is 3. The van der Waals surface area contributed by atoms with E-state index < -0.39 is 15.3 Å². The van der Waals surface area contributed by atoms with Gasteiger partial charge < -0.3 is 5.32 Å². The Morgan fingerprint density at radius 1 is 0.897 bits per heavy atom. The highest BCUT2D eigenvalue weighted by Gasteiger charge is 2.33. The molecule has 154 valence electrons. The smallest absolute Gasteiger partial charge is 0.223 e. The second-order valence-corrected chi connectivity index (χ2v) is 10.6. The van der Waals surface area contributed by atoms with E-state index in [2.05, 4.69) is 34.3 Å². The summed E-state index contributed by atoms with van der Waals surface area (Å²) >= 11 is 0. The number of carbonyl (C=O) groups excluding carboxylic acids is 1. The molecule has 0 unspecified atom stereocenters. The zero-order chi connectivity index (χ0) is 20.6. The molecule has 4 rings (SSSR count). The first kappa shape index (κ1) is 20.1. The van der Waals surface area contributed by atoms with Crippen LogP contribution in [0, 0.1) is 5.92 Å². The number of benzene rings is 2. The molecule has 0 radical (unpaired) electrons. The SMILES string of the molecule is CC(C)S(=O)(=O)NC1CCC(C(=O)NC2c3ccccc3-c3ccccc32)CC1. The molecule has 0 saturated heterocycles. The van der Waals surface area contributed by atoms with Gasteiger partial charge in [-0.05, 0) is 61.8 Å². The van der Waals surface area contributed by atoms with Crippen LogP contribution in [0.25, 0.3) is 11.1 Å². The topological polar surface area (TPSA) is 75.3 Å². The molecule has 0 heterocycles. The van der Waals surface area contributed by atoms with E-state index in [0.29, 0.717) is 25.7 Å². The summed E-state index contributed by atoms with van der Waals surface area (Å²) < 4.78 is 27.0. The van der Waals surface area contributed by atoms with Crippen molar-refractivity contribution in [2.45, 2.75) is 56.9 Å². The molecule has 0 aliphatic heterocycles. The molecule has 2 aliphatic carbocycles. The van der Waals surface area contributed by atoms with E-state index in [0.717, 1.165) is 11.1 Å². The molecule has 5 nitrogen and oxygen atoms in total. The summed E-state index contributed by atoms with van der Waals surface area (Å²) in [6.45, 7) is 3.36. The minimum Gasteiger partial charge on any atom is -0.345 e. The van der Waals surface area contributed by atoms with Crippen molar-refractivity contribution in [3.05, 3.63) is 59.7 Å². The van der Waals surface area contributed by atoms with Crippen molar-refractivity contribution in [2.24, 2.45) is 5.92 Å². The normalized spacial score (nSPS) is 21.6. The Bertz CT molecular complexity index is 963. The Labute approximate surface area is 173 Å². The molecule has 2 aliphatic rings. The largest absolute Gasteiger partial charge is 0.345 e. The molecule has 1 saturated carbocycles. The van der Waals surface area contributed by atoms with E-state index >= 15 is 0 Å². The fourth-order valence-electron chi connectivity index (χ4n) is 4.41. The van der Waals surface area contributed by atoms with Crippen molar-refractivity contribution in [3.8, 4) is 11.1 Å². The van der Waals surface area contributed by atoms with Gasteiger partial charge in [0.1, 0.15) is 0 Å². The lowest BCUT2D eigenvalue weighted by molar-refractivity contribution is -0.126. The molecular formula is C23H28N2O3S. The van der Waals surface area contributed by atoms with Gasteiger partial charge in [-0.25, -0.2) is 13.1 Å². The molecular weight excluding hydrogens is 384 g/mol. The minimum absolute atomic E-state index is 0.0617. The van der Waals surface area contributed by atoms with Crippen LogP contribution in [0.1, 0.15) is 56.7 Å². The number of carbonyl (C=O) groups is 1. The van der Waals surface area contributed by atoms with Gasteiger partial charge in [-0.1, -0.05) is 48.5 Å². The lowest BCUT2D eigenvalue weighted by Gasteiger charge is -2.29. The van der Waals surface area contributed by atoms with Crippen LogP contribution < -0.4 is 10.0 Å². The van der Waals surface area contributed by atoms with E-state index in [9.17, 15) is 13.2 Å². The van der Waals surface area contributed by atoms with E-state index in [1.807, 2.05) is 24.3 Å². The maximum atomic E-state index is 13.0. The van der Waals surface area contributed by atoms with Crippen molar-refractivity contribution in [3.63, 3.8) is 0 Å². The first-order valence-corrected chi connectivity index (χ1v) is 11.9. The number of fused-ring (bicyclic) bond motifs is 3. The van der Waals surface area contributed by atoms with Gasteiger partial charge in [0.2, 0.25) is 15.9 Å². The van der Waals surface area contributed by atoms with Crippen LogP contribution in [0.15, 0.2) is 48.5 Å². The average Bonchev–Trinajstić information content (AvgIpc) is 3.02. The average molecular weight is 413 g/mol. The molecule has 2 aromatic rings. The number of hydrogen-bond donors (Lipinski definition) is 2. The molecule has 0 bridgehead atoms. The molecule has 6 heteroatoms. The number of rotatable bonds is 5. The van der Waals surface area contributed by atoms with Crippen LogP contribution >= 0.6 is 0 Å². The highest BCUT2D eigenvalue weighted by molar-refractivity contribution is 7.90. The van der Waals surface area contributed by atoms with Crippen LogP contribution in [0.5, 0.6) is 0 Å². The summed E-state index contributed by atoms with van der Waals surface area (Å²) in [6, 6.07) is 16.3. The third-order valence-corrected chi connectivity index (χ3v) is 8.07. The standard InChI is InChI=1S/C23H28N2O3S/c1-15(2)29(27,28)25-17-13-11-16(12-14-17)23(26)24-22-20-9-5-3-7-18(20)19-8-4-6-10-21(19)22/h3-10,15-17,22,25H,11-14H2,1-2H3,(H,24,26). The maximum absolute atomic E-state index is 13.0. The molecule has 0 spiro atoms. The van der Waals surface area contributed by atoms with E-state index in [1.54, 1.807) is 13.8 Å². The van der Waals surface area contributed by atoms with Gasteiger partial charge in [0, 0.05) is 12.0 Å². The lowest BCUT2D eigenvalue weighted by atomic mass is 9.85. The van der Waals surface area contributed by atoms with E-state index in [4.69, 9.17) is 0 Å². The zero-order valence-corrected chi connectivity index (χ0v) is 17.7. The fraction of sp³-hybridized carbons (Fsp3) is 0.435. The van der Waals surface area contributed by atoms with Gasteiger partial charge in [-0.2, -0.15) is 0 Å². The first-order chi connectivity index (χ1) is 13.9. The summed E-state index contributed by atoms with van der Waals surface area (Å²) in [7, 11) is -3.27. The molecule has 1 amide bonds. The van der Waals surface area contributed by atoms with Crippen molar-refractivity contribution >= 4 is 15.9 Å². The molecule has 2 N–H and O–H groups in total. The number of sulfonamides is 1. The van der Waals surface area contributed by atoms with E-state index in [1.165, 1.54) is 11.1 Å². The van der Waals surface area contributed by atoms with Crippen molar-refractivity contribution in [2.75, 3.05) is 0 Å². The molecule has 1 fully saturated rings. The second kappa shape index (κ2) is 7.92. The number of nitrogens with one attached hydrogen (secondary N) is 2. The van der Waals surface area contributed by atoms with Crippen LogP contribution in [0.4, 0.5) is 0 Å². The van der Waals surface area contributed by atoms with Crippen molar-refractivity contribution in [1.82, 2.24) is 10.0 Å². The molecule has 0 aromatic heterocycles. The number of amides is 1. The molecule has 29 heavy (non-hydrogen) atoms. The maximum Gasteiger partial charge on any atom is 0.223 e. The van der Waals surface area contributed by atoms with Gasteiger partial charge in [0.25, 0.3) is 0 Å². The van der Waals surface area contributed by atoms with E-state index in [-0.39, 0.29) is 23.9 Å². The second-order valence-electron chi connectivity index (χ2n) is 8.38. The highest BCUT2D eigenvalue weighted by Crippen LogP contribution is 2.43. The first-order valence-electron chi connectivity index (χ1n) is 10.4. The van der Waals surface area contributed by atoms with Gasteiger partial charge in [0.15, 0.2) is 0 Å². The Hall–Kier alpha value is -2.18. The van der Waals surface area contributed by atoms with Crippen LogP contribution in [-0.4, -0.2) is 25.6 Å². The lowest BCUT2D eigenvalue weighted by Crippen LogP contribution is -2.43. The Morgan fingerprint density at radius 2 is 1.41 bits per heavy atom. The molecule has 0 atom stereocenters. The fourth-order valence-corrected chi connectivity index (χ4v) is 5.39. The summed E-state index contributed by atoms with van der Waals surface area (Å²) in [5, 5.41) is 2.83. The quantitative estimate of drug-likeness (QED) is 0.785. The van der Waals surface area contributed by atoms with Gasteiger partial charge in [0.05, 0.1) is 11.3 Å². The Morgan fingerprint density at radius 3 is 1.93 bits per heavy atom. The third kappa shape index (κ3) is 3.96. The van der Waals surface area contributed by atoms with Crippen LogP contribution in [-0.2, 0) is 14.8 Å². The van der Waals surface area contributed by atoms with Gasteiger partial charge >= 0.3 is 0 Å². The summed E-state index contributed by atoms with van der Waals surface area (Å²) in [6.07, 6.45) is 2.80. The van der Waals surface area contributed by atoms with Crippen LogP contribution in [0.2, 0.25) is 0 Å². The van der Waals surface area contributed by atoms with Gasteiger partial charge in [-0.15, -0.1) is 0 Å². The minimum atomic E-state index is -3.27. The highest BCUT2D eigenvalue weighted by atomic mass is 32.2. The summed E-state index contributed by atoms with van der Waals surface area (Å²) in [5.41, 5.74) is 4.64. The Balaban J connectivity index is 1.42. The zero-order valence-electron chi connectivity index (χ0n) is 16.9. The third-order valence-electron chi connectivity index (χ3n) is 6.17. The van der Waals surface area contributed by atoms with Crippen molar-refractivity contribution in [1.29, 1.82) is 0 Å². The van der Waals surface area contributed by atoms with Gasteiger partial charge in [-0.3, -0.25) is 4.79 Å². The van der Waals surface area contributed by atoms with Crippen molar-refractivity contribution < 1.29 is 13.2 Å². The molecule has 2 aromatic carbocycles. The monoisotopic (exact) mass is 412 g/mol.